The Hall–Kier alpha value is -2.86. The number of nitriles is 1. The third-order valence-electron chi connectivity index (χ3n) is 4.96. The van der Waals surface area contributed by atoms with E-state index in [1.807, 2.05) is 0 Å². The molecule has 2 atom stereocenters. The van der Waals surface area contributed by atoms with Gasteiger partial charge < -0.3 is 15.1 Å². The van der Waals surface area contributed by atoms with Gasteiger partial charge in [-0.25, -0.2) is 0 Å². The van der Waals surface area contributed by atoms with E-state index in [4.69, 9.17) is 5.26 Å². The van der Waals surface area contributed by atoms with Crippen LogP contribution >= 0.6 is 0 Å². The number of nitrogens with zero attached hydrogens (tertiary/aromatic N) is 2. The number of aliphatic carboxylic acids is 1. The van der Waals surface area contributed by atoms with Gasteiger partial charge in [0.25, 0.3) is 5.72 Å². The smallest absolute Gasteiger partial charge is 0.437 e. The molecule has 1 aliphatic carbocycles. The molecule has 2 N–H and O–H groups in total. The number of aliphatic hydroxyl groups is 1. The lowest BCUT2D eigenvalue weighted by atomic mass is 9.76. The monoisotopic (exact) mass is 380 g/mol. The number of alkyl halides is 3. The average Bonchev–Trinajstić information content (AvgIpc) is 2.60. The maximum Gasteiger partial charge on any atom is 0.437 e. The number of hydrogen-bond donors (Lipinski definition) is 2. The standard InChI is InChI=1S/C18H15F3N2O4/c19-18(20,21)17(27)13(16(25)26)8-12-14(5-2-6-15(12)24)23(17)11-4-1-3-10(7-11)9-22/h1,3-4,7,13,27H,2,5-6,8H2,(H,25,26). The summed E-state index contributed by atoms with van der Waals surface area (Å²) in [4.78, 5) is 24.4. The zero-order valence-corrected chi connectivity index (χ0v) is 14.0. The van der Waals surface area contributed by atoms with E-state index in [0.717, 1.165) is 6.07 Å². The highest BCUT2D eigenvalue weighted by atomic mass is 19.4. The number of carboxylic acids is 1. The molecule has 2 unspecified atom stereocenters. The molecule has 1 aliphatic heterocycles. The molecule has 142 valence electrons. The van der Waals surface area contributed by atoms with Gasteiger partial charge in [0.2, 0.25) is 0 Å². The lowest BCUT2D eigenvalue weighted by molar-refractivity contribution is -0.278. The van der Waals surface area contributed by atoms with Crippen LogP contribution in [0.1, 0.15) is 31.2 Å². The zero-order chi connectivity index (χ0) is 20.0. The lowest BCUT2D eigenvalue weighted by Crippen LogP contribution is -2.67. The first-order valence-corrected chi connectivity index (χ1v) is 8.18. The number of benzene rings is 1. The fraction of sp³-hybridized carbons (Fsp3) is 0.389. The molecular formula is C18H15F3N2O4. The highest BCUT2D eigenvalue weighted by Crippen LogP contribution is 2.51. The molecule has 0 saturated heterocycles. The Morgan fingerprint density at radius 2 is 2.04 bits per heavy atom. The molecule has 1 aromatic carbocycles. The minimum absolute atomic E-state index is 0.00932. The minimum Gasteiger partial charge on any atom is -0.481 e. The Morgan fingerprint density at radius 3 is 2.63 bits per heavy atom. The number of carbonyl (C=O) groups excluding carboxylic acids is 1. The lowest BCUT2D eigenvalue weighted by Gasteiger charge is -2.50. The van der Waals surface area contributed by atoms with Crippen LogP contribution in [0.4, 0.5) is 18.9 Å². The Morgan fingerprint density at radius 1 is 1.33 bits per heavy atom. The summed E-state index contributed by atoms with van der Waals surface area (Å²) in [6.07, 6.45) is -5.53. The molecule has 0 aromatic heterocycles. The van der Waals surface area contributed by atoms with Crippen molar-refractivity contribution in [2.75, 3.05) is 4.90 Å². The summed E-state index contributed by atoms with van der Waals surface area (Å²) >= 11 is 0. The summed E-state index contributed by atoms with van der Waals surface area (Å²) in [6, 6.07) is 6.87. The molecule has 9 heteroatoms. The van der Waals surface area contributed by atoms with Crippen molar-refractivity contribution in [1.82, 2.24) is 0 Å². The second kappa shape index (κ2) is 6.39. The maximum absolute atomic E-state index is 14.0. The number of allylic oxidation sites excluding steroid dienone is 2. The second-order valence-corrected chi connectivity index (χ2v) is 6.52. The summed E-state index contributed by atoms with van der Waals surface area (Å²) in [6.45, 7) is 0. The van der Waals surface area contributed by atoms with Crippen LogP contribution in [0.3, 0.4) is 0 Å². The molecule has 27 heavy (non-hydrogen) atoms. The molecule has 0 bridgehead atoms. The number of hydrogen-bond acceptors (Lipinski definition) is 5. The first-order valence-electron chi connectivity index (χ1n) is 8.18. The Bertz CT molecular complexity index is 887. The van der Waals surface area contributed by atoms with E-state index in [9.17, 15) is 33.0 Å². The quantitative estimate of drug-likeness (QED) is 0.818. The minimum atomic E-state index is -5.32. The Balaban J connectivity index is 2.33. The number of halogens is 3. The van der Waals surface area contributed by atoms with E-state index in [1.165, 1.54) is 18.2 Å². The molecule has 0 fully saturated rings. The normalized spacial score (nSPS) is 25.8. The summed E-state index contributed by atoms with van der Waals surface area (Å²) in [5.74, 6) is -4.57. The van der Waals surface area contributed by atoms with Crippen molar-refractivity contribution in [3.63, 3.8) is 0 Å². The van der Waals surface area contributed by atoms with Crippen LogP contribution in [0.25, 0.3) is 0 Å². The SMILES string of the molecule is N#Cc1cccc(N2C3=C(CC(C(=O)O)C2(O)C(F)(F)F)C(=O)CCC3)c1. The second-order valence-electron chi connectivity index (χ2n) is 6.52. The number of carbonyl (C=O) groups is 2. The predicted octanol–water partition coefficient (Wildman–Crippen LogP) is 2.73. The average molecular weight is 380 g/mol. The number of ketones is 1. The van der Waals surface area contributed by atoms with Crippen LogP contribution in [-0.2, 0) is 9.59 Å². The molecule has 0 amide bonds. The predicted molar refractivity (Wildman–Crippen MR) is 86.3 cm³/mol. The van der Waals surface area contributed by atoms with Crippen molar-refractivity contribution in [3.05, 3.63) is 41.1 Å². The highest BCUT2D eigenvalue weighted by molar-refractivity contribution is 5.99. The first kappa shape index (κ1) is 18.9. The van der Waals surface area contributed by atoms with Crippen LogP contribution in [0.15, 0.2) is 35.5 Å². The molecule has 6 nitrogen and oxygen atoms in total. The molecule has 0 saturated carbocycles. The fourth-order valence-electron chi connectivity index (χ4n) is 3.72. The van der Waals surface area contributed by atoms with Crippen molar-refractivity contribution in [2.24, 2.45) is 5.92 Å². The van der Waals surface area contributed by atoms with Crippen LogP contribution in [-0.4, -0.2) is 33.9 Å². The van der Waals surface area contributed by atoms with Crippen molar-refractivity contribution in [3.8, 4) is 6.07 Å². The number of anilines is 1. The number of Topliss-reactive ketones (excluding diaryl/α,β-unsaturated/α-hetero) is 1. The van der Waals surface area contributed by atoms with E-state index in [2.05, 4.69) is 0 Å². The third-order valence-corrected chi connectivity index (χ3v) is 4.96. The van der Waals surface area contributed by atoms with E-state index >= 15 is 0 Å². The first-order chi connectivity index (χ1) is 12.6. The van der Waals surface area contributed by atoms with Crippen molar-refractivity contribution in [1.29, 1.82) is 5.26 Å². The molecule has 1 aromatic rings. The van der Waals surface area contributed by atoms with Crippen molar-refractivity contribution < 1.29 is 33.0 Å². The van der Waals surface area contributed by atoms with Gasteiger partial charge in [-0.1, -0.05) is 6.07 Å². The Kier molecular flexibility index (Phi) is 4.48. The summed E-state index contributed by atoms with van der Waals surface area (Å²) in [7, 11) is 0. The van der Waals surface area contributed by atoms with Crippen LogP contribution in [0, 0.1) is 17.2 Å². The van der Waals surface area contributed by atoms with Crippen molar-refractivity contribution in [2.45, 2.75) is 37.6 Å². The van der Waals surface area contributed by atoms with E-state index < -0.39 is 36.0 Å². The highest BCUT2D eigenvalue weighted by Gasteiger charge is 2.67. The van der Waals surface area contributed by atoms with Crippen LogP contribution < -0.4 is 4.90 Å². The van der Waals surface area contributed by atoms with Gasteiger partial charge >= 0.3 is 12.1 Å². The molecule has 1 heterocycles. The van der Waals surface area contributed by atoms with Crippen molar-refractivity contribution >= 4 is 17.4 Å². The van der Waals surface area contributed by atoms with Gasteiger partial charge in [-0.15, -0.1) is 0 Å². The van der Waals surface area contributed by atoms with Gasteiger partial charge in [0, 0.05) is 23.4 Å². The van der Waals surface area contributed by atoms with Gasteiger partial charge in [-0.05, 0) is 37.5 Å². The molecule has 3 rings (SSSR count). The van der Waals surface area contributed by atoms with Gasteiger partial charge in [0.15, 0.2) is 5.78 Å². The maximum atomic E-state index is 14.0. The van der Waals surface area contributed by atoms with E-state index in [1.54, 1.807) is 6.07 Å². The summed E-state index contributed by atoms with van der Waals surface area (Å²) in [5, 5.41) is 29.2. The fourth-order valence-corrected chi connectivity index (χ4v) is 3.72. The van der Waals surface area contributed by atoms with Gasteiger partial charge in [0.1, 0.15) is 5.92 Å². The molecule has 0 radical (unpaired) electrons. The van der Waals surface area contributed by atoms with Gasteiger partial charge in [0.05, 0.1) is 11.6 Å². The molecule has 0 spiro atoms. The molecule has 2 aliphatic rings. The zero-order valence-electron chi connectivity index (χ0n) is 14.0. The number of rotatable bonds is 2. The van der Waals surface area contributed by atoms with Crippen LogP contribution in [0.2, 0.25) is 0 Å². The Labute approximate surface area is 152 Å². The summed E-state index contributed by atoms with van der Waals surface area (Å²) < 4.78 is 41.9. The van der Waals surface area contributed by atoms with Crippen LogP contribution in [0.5, 0.6) is 0 Å². The van der Waals surface area contributed by atoms with E-state index in [-0.39, 0.29) is 41.8 Å². The van der Waals surface area contributed by atoms with E-state index in [0.29, 0.717) is 4.90 Å². The van der Waals surface area contributed by atoms with Gasteiger partial charge in [-0.3, -0.25) is 9.59 Å². The largest absolute Gasteiger partial charge is 0.481 e. The number of carboxylic acid groups (broad SMARTS) is 1. The summed E-state index contributed by atoms with van der Waals surface area (Å²) in [5.41, 5.74) is -3.95. The van der Waals surface area contributed by atoms with Gasteiger partial charge in [-0.2, -0.15) is 18.4 Å². The topological polar surface area (TPSA) is 102 Å². The molecular weight excluding hydrogens is 365 g/mol. The third kappa shape index (κ3) is 2.86.